The summed E-state index contributed by atoms with van der Waals surface area (Å²) in [4.78, 5) is 0. The lowest BCUT2D eigenvalue weighted by Crippen LogP contribution is -2.14. The van der Waals surface area contributed by atoms with Crippen LogP contribution in [0, 0.1) is 11.8 Å². The highest BCUT2D eigenvalue weighted by Gasteiger charge is 2.35. The Labute approximate surface area is 127 Å². The van der Waals surface area contributed by atoms with Crippen molar-refractivity contribution in [2.45, 2.75) is 52.2 Å². The fourth-order valence-electron chi connectivity index (χ4n) is 3.93. The first-order valence-electron chi connectivity index (χ1n) is 8.32. The van der Waals surface area contributed by atoms with Crippen LogP contribution in [0.15, 0.2) is 12.2 Å². The third-order valence-corrected chi connectivity index (χ3v) is 5.82. The van der Waals surface area contributed by atoms with Gasteiger partial charge in [-0.05, 0) is 47.0 Å². The summed E-state index contributed by atoms with van der Waals surface area (Å²) in [7, 11) is 0. The van der Waals surface area contributed by atoms with Gasteiger partial charge in [-0.3, -0.25) is 0 Å². The van der Waals surface area contributed by atoms with Gasteiger partial charge in [0.05, 0.1) is 19.3 Å². The van der Waals surface area contributed by atoms with Crippen molar-refractivity contribution in [1.82, 2.24) is 4.57 Å². The van der Waals surface area contributed by atoms with E-state index >= 15 is 0 Å². The van der Waals surface area contributed by atoms with E-state index in [2.05, 4.69) is 56.6 Å². The second kappa shape index (κ2) is 4.61. The largest absolute Gasteiger partial charge is 0.371 e. The fraction of sp³-hybridized carbons (Fsp3) is 0.579. The Morgan fingerprint density at radius 1 is 0.952 bits per heavy atom. The van der Waals surface area contributed by atoms with E-state index in [9.17, 15) is 0 Å². The Morgan fingerprint density at radius 3 is 1.86 bits per heavy atom. The number of ether oxygens (including phenoxy) is 1. The summed E-state index contributed by atoms with van der Waals surface area (Å²) in [6, 6.07) is 0. The molecule has 1 aromatic heterocycles. The SMILES string of the molecule is CC1C=Cc2c(c3c(n2CC2CO2)C=CC(C)C3C)C1C. The molecule has 0 amide bonds. The number of rotatable bonds is 2. The predicted octanol–water partition coefficient (Wildman–Crippen LogP) is 4.42. The summed E-state index contributed by atoms with van der Waals surface area (Å²) in [5, 5.41) is 0. The standard InChI is InChI=1S/C19H25NO/c1-11-5-7-16-18(13(11)3)19-14(4)12(2)6-8-17(19)20(16)9-15-10-21-15/h5-8,11-15H,9-10H2,1-4H3. The minimum atomic E-state index is 0.428. The highest BCUT2D eigenvalue weighted by atomic mass is 16.6. The smallest absolute Gasteiger partial charge is 0.0988 e. The van der Waals surface area contributed by atoms with Crippen molar-refractivity contribution < 1.29 is 4.74 Å². The van der Waals surface area contributed by atoms with E-state index in [1.165, 1.54) is 11.4 Å². The second-order valence-electron chi connectivity index (χ2n) is 7.18. The Hall–Kier alpha value is -1.28. The van der Waals surface area contributed by atoms with Crippen molar-refractivity contribution in [1.29, 1.82) is 0 Å². The molecule has 4 rings (SSSR count). The molecular weight excluding hydrogens is 258 g/mol. The molecule has 1 aliphatic heterocycles. The van der Waals surface area contributed by atoms with E-state index in [0.29, 0.717) is 29.8 Å². The van der Waals surface area contributed by atoms with Gasteiger partial charge in [0.1, 0.15) is 0 Å². The van der Waals surface area contributed by atoms with Crippen LogP contribution in [0.4, 0.5) is 0 Å². The molecule has 0 radical (unpaired) electrons. The molecule has 2 nitrogen and oxygen atoms in total. The molecule has 1 fully saturated rings. The van der Waals surface area contributed by atoms with Gasteiger partial charge in [-0.1, -0.05) is 39.8 Å². The summed E-state index contributed by atoms with van der Waals surface area (Å²) in [5.74, 6) is 2.48. The van der Waals surface area contributed by atoms with Crippen LogP contribution in [0.5, 0.6) is 0 Å². The molecular formula is C19H25NO. The molecule has 2 heterocycles. The minimum absolute atomic E-state index is 0.428. The lowest BCUT2D eigenvalue weighted by atomic mass is 9.76. The number of aromatic nitrogens is 1. The van der Waals surface area contributed by atoms with Crippen molar-refractivity contribution in [3.8, 4) is 0 Å². The molecule has 0 saturated carbocycles. The van der Waals surface area contributed by atoms with E-state index in [-0.39, 0.29) is 0 Å². The van der Waals surface area contributed by atoms with Crippen molar-refractivity contribution in [2.24, 2.45) is 11.8 Å². The first-order valence-corrected chi connectivity index (χ1v) is 8.32. The summed E-state index contributed by atoms with van der Waals surface area (Å²) in [6.45, 7) is 11.4. The maximum atomic E-state index is 5.49. The van der Waals surface area contributed by atoms with E-state index in [0.717, 1.165) is 13.2 Å². The Morgan fingerprint density at radius 2 is 1.43 bits per heavy atom. The number of allylic oxidation sites excluding steroid dienone is 2. The second-order valence-corrected chi connectivity index (χ2v) is 7.18. The maximum Gasteiger partial charge on any atom is 0.0988 e. The first kappa shape index (κ1) is 13.4. The zero-order chi connectivity index (χ0) is 14.7. The van der Waals surface area contributed by atoms with Gasteiger partial charge >= 0.3 is 0 Å². The average Bonchev–Trinajstić information content (AvgIpc) is 3.21. The summed E-state index contributed by atoms with van der Waals surface area (Å²) >= 11 is 0. The normalized spacial score (nSPS) is 36.5. The van der Waals surface area contributed by atoms with Gasteiger partial charge in [0, 0.05) is 11.4 Å². The third kappa shape index (κ3) is 1.96. The molecule has 1 aromatic rings. The van der Waals surface area contributed by atoms with Crippen LogP contribution in [0.25, 0.3) is 12.2 Å². The number of epoxide rings is 1. The molecule has 2 aliphatic carbocycles. The van der Waals surface area contributed by atoms with Gasteiger partial charge in [-0.25, -0.2) is 0 Å². The topological polar surface area (TPSA) is 17.5 Å². The van der Waals surface area contributed by atoms with Crippen LogP contribution < -0.4 is 0 Å². The monoisotopic (exact) mass is 283 g/mol. The third-order valence-electron chi connectivity index (χ3n) is 5.82. The lowest BCUT2D eigenvalue weighted by Gasteiger charge is -2.27. The van der Waals surface area contributed by atoms with Crippen LogP contribution in [-0.4, -0.2) is 17.3 Å². The molecule has 0 spiro atoms. The highest BCUT2D eigenvalue weighted by Crippen LogP contribution is 2.46. The number of fused-ring (bicyclic) bond motifs is 3. The summed E-state index contributed by atoms with van der Waals surface area (Å²) in [5.41, 5.74) is 6.08. The van der Waals surface area contributed by atoms with Gasteiger partial charge < -0.3 is 9.30 Å². The molecule has 0 aromatic carbocycles. The zero-order valence-electron chi connectivity index (χ0n) is 13.5. The molecule has 3 aliphatic rings. The molecule has 5 unspecified atom stereocenters. The Bertz CT molecular complexity index is 585. The van der Waals surface area contributed by atoms with E-state index < -0.39 is 0 Å². The molecule has 1 saturated heterocycles. The average molecular weight is 283 g/mol. The zero-order valence-corrected chi connectivity index (χ0v) is 13.5. The van der Waals surface area contributed by atoms with E-state index in [1.807, 2.05) is 0 Å². The molecule has 5 atom stereocenters. The van der Waals surface area contributed by atoms with Crippen molar-refractivity contribution >= 4 is 12.2 Å². The molecule has 0 N–H and O–H groups in total. The van der Waals surface area contributed by atoms with Crippen LogP contribution in [0.3, 0.4) is 0 Å². The number of hydrogen-bond donors (Lipinski definition) is 0. The summed E-state index contributed by atoms with van der Waals surface area (Å²) in [6.07, 6.45) is 9.88. The molecule has 0 bridgehead atoms. The molecule has 21 heavy (non-hydrogen) atoms. The molecule has 112 valence electrons. The predicted molar refractivity (Wildman–Crippen MR) is 87.4 cm³/mol. The Kier molecular flexibility index (Phi) is 2.94. The van der Waals surface area contributed by atoms with Crippen molar-refractivity contribution in [3.63, 3.8) is 0 Å². The van der Waals surface area contributed by atoms with Gasteiger partial charge in [0.15, 0.2) is 0 Å². The number of hydrogen-bond acceptors (Lipinski definition) is 1. The Balaban J connectivity index is 1.93. The number of nitrogens with zero attached hydrogens (tertiary/aromatic N) is 1. The quantitative estimate of drug-likeness (QED) is 0.734. The lowest BCUT2D eigenvalue weighted by molar-refractivity contribution is 0.381. The first-order chi connectivity index (χ1) is 10.1. The van der Waals surface area contributed by atoms with Crippen molar-refractivity contribution in [3.05, 3.63) is 34.7 Å². The van der Waals surface area contributed by atoms with Gasteiger partial charge in [-0.2, -0.15) is 0 Å². The maximum absolute atomic E-state index is 5.49. The fourth-order valence-corrected chi connectivity index (χ4v) is 3.93. The van der Waals surface area contributed by atoms with Gasteiger partial charge in [0.25, 0.3) is 0 Å². The highest BCUT2D eigenvalue weighted by molar-refractivity contribution is 5.68. The van der Waals surface area contributed by atoms with Crippen LogP contribution in [0.2, 0.25) is 0 Å². The van der Waals surface area contributed by atoms with E-state index in [4.69, 9.17) is 4.74 Å². The van der Waals surface area contributed by atoms with E-state index in [1.54, 1.807) is 11.1 Å². The molecule has 2 heteroatoms. The minimum Gasteiger partial charge on any atom is -0.371 e. The van der Waals surface area contributed by atoms with Crippen LogP contribution in [-0.2, 0) is 11.3 Å². The van der Waals surface area contributed by atoms with Gasteiger partial charge in [-0.15, -0.1) is 0 Å². The van der Waals surface area contributed by atoms with Crippen LogP contribution >= 0.6 is 0 Å². The van der Waals surface area contributed by atoms with Crippen LogP contribution in [0.1, 0.15) is 62.0 Å². The van der Waals surface area contributed by atoms with Gasteiger partial charge in [0.2, 0.25) is 0 Å². The van der Waals surface area contributed by atoms with Crippen molar-refractivity contribution in [2.75, 3.05) is 6.61 Å². The summed E-state index contributed by atoms with van der Waals surface area (Å²) < 4.78 is 8.00.